The summed E-state index contributed by atoms with van der Waals surface area (Å²) in [6.45, 7) is 2.20. The van der Waals surface area contributed by atoms with Crippen LogP contribution >= 0.6 is 0 Å². The number of nitrogens with one attached hydrogen (secondary N) is 2. The fraction of sp³-hybridized carbons (Fsp3) is 0.171. The van der Waals surface area contributed by atoms with E-state index in [1.165, 1.54) is 6.07 Å². The zero-order valence-electron chi connectivity index (χ0n) is 23.5. The fourth-order valence-electron chi connectivity index (χ4n) is 6.48. The van der Waals surface area contributed by atoms with E-state index in [9.17, 15) is 18.8 Å². The van der Waals surface area contributed by atoms with Crippen LogP contribution in [-0.4, -0.2) is 40.3 Å². The first-order valence-electron chi connectivity index (χ1n) is 14.4. The molecule has 1 saturated heterocycles. The summed E-state index contributed by atoms with van der Waals surface area (Å²) in [6, 6.07) is 27.2. The van der Waals surface area contributed by atoms with Gasteiger partial charge in [-0.2, -0.15) is 0 Å². The second kappa shape index (κ2) is 10.5. The van der Waals surface area contributed by atoms with Crippen LogP contribution in [-0.2, 0) is 17.6 Å². The number of urea groups is 1. The third-order valence-electron chi connectivity index (χ3n) is 8.56. The summed E-state index contributed by atoms with van der Waals surface area (Å²) in [6.07, 6.45) is 0.668. The van der Waals surface area contributed by atoms with Gasteiger partial charge in [0.2, 0.25) is 0 Å². The normalized spacial score (nSPS) is 17.7. The van der Waals surface area contributed by atoms with Gasteiger partial charge >= 0.3 is 6.03 Å². The summed E-state index contributed by atoms with van der Waals surface area (Å²) in [4.78, 5) is 48.2. The Bertz CT molecular complexity index is 1910. The monoisotopic (exact) mass is 572 g/mol. The number of nitrogens with zero attached hydrogens (tertiary/aromatic N) is 2. The number of benzene rings is 4. The molecule has 3 heterocycles. The molecule has 0 aliphatic carbocycles. The van der Waals surface area contributed by atoms with Gasteiger partial charge in [-0.3, -0.25) is 14.5 Å². The molecule has 0 spiro atoms. The van der Waals surface area contributed by atoms with Gasteiger partial charge < -0.3 is 10.3 Å². The van der Waals surface area contributed by atoms with Gasteiger partial charge in [0.25, 0.3) is 11.8 Å². The highest BCUT2D eigenvalue weighted by atomic mass is 19.1. The van der Waals surface area contributed by atoms with E-state index in [-0.39, 0.29) is 29.5 Å². The van der Waals surface area contributed by atoms with E-state index >= 15 is 0 Å². The van der Waals surface area contributed by atoms with E-state index in [1.807, 2.05) is 55.5 Å². The Balaban J connectivity index is 1.25. The summed E-state index contributed by atoms with van der Waals surface area (Å²) in [7, 11) is 0. The SMILES string of the molecule is Cc1ccccc1C1c2[nH]c3ccccc3c2CC2C(=O)N(c3ccccc3C(=O)NCCc3ccccc3F)C(=O)N21. The lowest BCUT2D eigenvalue weighted by atomic mass is 9.87. The molecule has 0 bridgehead atoms. The number of aromatic amines is 1. The molecular weight excluding hydrogens is 543 g/mol. The van der Waals surface area contributed by atoms with Crippen molar-refractivity contribution in [3.8, 4) is 0 Å². The number of aromatic nitrogens is 1. The molecule has 7 nitrogen and oxygen atoms in total. The van der Waals surface area contributed by atoms with E-state index < -0.39 is 24.0 Å². The maximum absolute atomic E-state index is 14.3. The van der Waals surface area contributed by atoms with Crippen LogP contribution in [0.2, 0.25) is 0 Å². The van der Waals surface area contributed by atoms with Crippen LogP contribution in [0.3, 0.4) is 0 Å². The first-order valence-corrected chi connectivity index (χ1v) is 14.4. The summed E-state index contributed by atoms with van der Waals surface area (Å²) < 4.78 is 14.1. The number of imide groups is 1. The molecule has 2 unspecified atom stereocenters. The third kappa shape index (κ3) is 4.37. The first kappa shape index (κ1) is 26.6. The number of amides is 4. The average Bonchev–Trinajstić information content (AvgIpc) is 3.51. The largest absolute Gasteiger partial charge is 0.356 e. The lowest BCUT2D eigenvalue weighted by Gasteiger charge is -2.36. The van der Waals surface area contributed by atoms with Gasteiger partial charge in [-0.1, -0.05) is 72.8 Å². The highest BCUT2D eigenvalue weighted by Crippen LogP contribution is 2.45. The molecular formula is C35H29FN4O3. The predicted octanol–water partition coefficient (Wildman–Crippen LogP) is 6.07. The van der Waals surface area contributed by atoms with Gasteiger partial charge in [0.1, 0.15) is 17.9 Å². The van der Waals surface area contributed by atoms with Crippen LogP contribution < -0.4 is 10.2 Å². The van der Waals surface area contributed by atoms with Crippen molar-refractivity contribution in [1.29, 1.82) is 0 Å². The van der Waals surface area contributed by atoms with Crippen molar-refractivity contribution in [1.82, 2.24) is 15.2 Å². The van der Waals surface area contributed by atoms with Crippen LogP contribution in [0.25, 0.3) is 10.9 Å². The van der Waals surface area contributed by atoms with Crippen LogP contribution in [0.5, 0.6) is 0 Å². The third-order valence-corrected chi connectivity index (χ3v) is 8.56. The second-order valence-electron chi connectivity index (χ2n) is 11.0. The van der Waals surface area contributed by atoms with Gasteiger partial charge in [0.15, 0.2) is 0 Å². The molecule has 1 aromatic heterocycles. The minimum Gasteiger partial charge on any atom is -0.356 e. The van der Waals surface area contributed by atoms with Crippen LogP contribution in [0, 0.1) is 12.7 Å². The predicted molar refractivity (Wildman–Crippen MR) is 162 cm³/mol. The Morgan fingerprint density at radius 2 is 1.65 bits per heavy atom. The highest BCUT2D eigenvalue weighted by Gasteiger charge is 2.53. The highest BCUT2D eigenvalue weighted by molar-refractivity contribution is 6.24. The van der Waals surface area contributed by atoms with Gasteiger partial charge in [-0.25, -0.2) is 14.1 Å². The molecule has 0 radical (unpaired) electrons. The Kier molecular flexibility index (Phi) is 6.54. The standard InChI is InChI=1S/C35H29FN4O3/c1-21-10-2-4-12-23(21)32-31-26(24-13-5-8-16-28(24)38-31)20-30-34(42)40(35(43)39(30)32)29-17-9-6-14-25(29)33(41)37-19-18-22-11-3-7-15-27(22)36/h2-17,30,32,38H,18-20H2,1H3,(H,37,41). The smallest absolute Gasteiger partial charge is 0.332 e. The van der Waals surface area contributed by atoms with Gasteiger partial charge in [0, 0.05) is 29.6 Å². The quantitative estimate of drug-likeness (QED) is 0.242. The number of H-pyrrole nitrogens is 1. The molecule has 1 fully saturated rings. The van der Waals surface area contributed by atoms with Crippen molar-refractivity contribution in [2.24, 2.45) is 0 Å². The lowest BCUT2D eigenvalue weighted by molar-refractivity contribution is -0.120. The molecule has 5 aromatic rings. The van der Waals surface area contributed by atoms with Crippen molar-refractivity contribution in [3.63, 3.8) is 0 Å². The maximum Gasteiger partial charge on any atom is 0.332 e. The van der Waals surface area contributed by atoms with Crippen LogP contribution in [0.15, 0.2) is 97.1 Å². The van der Waals surface area contributed by atoms with E-state index in [0.717, 1.165) is 38.2 Å². The number of rotatable bonds is 6. The number of aryl methyl sites for hydroxylation is 1. The molecule has 214 valence electrons. The molecule has 2 aliphatic rings. The number of anilines is 1. The number of carbonyl (C=O) groups is 3. The van der Waals surface area contributed by atoms with Crippen molar-refractivity contribution >= 4 is 34.4 Å². The molecule has 7 rings (SSSR count). The lowest BCUT2D eigenvalue weighted by Crippen LogP contribution is -2.44. The molecule has 4 amide bonds. The summed E-state index contributed by atoms with van der Waals surface area (Å²) in [5, 5.41) is 3.86. The molecule has 8 heteroatoms. The zero-order chi connectivity index (χ0) is 29.7. The Morgan fingerprint density at radius 1 is 0.930 bits per heavy atom. The Hall–Kier alpha value is -5.24. The van der Waals surface area contributed by atoms with E-state index in [2.05, 4.69) is 10.3 Å². The average molecular weight is 573 g/mol. The summed E-state index contributed by atoms with van der Waals surface area (Å²) in [5.74, 6) is -1.14. The number of hydrogen-bond acceptors (Lipinski definition) is 3. The molecule has 4 aromatic carbocycles. The number of carbonyl (C=O) groups excluding carboxylic acids is 3. The minimum atomic E-state index is -0.735. The Morgan fingerprint density at radius 3 is 2.49 bits per heavy atom. The molecule has 2 aliphatic heterocycles. The second-order valence-corrected chi connectivity index (χ2v) is 11.0. The fourth-order valence-corrected chi connectivity index (χ4v) is 6.48. The van der Waals surface area contributed by atoms with Gasteiger partial charge in [0.05, 0.1) is 11.3 Å². The van der Waals surface area contributed by atoms with Gasteiger partial charge in [-0.15, -0.1) is 0 Å². The summed E-state index contributed by atoms with van der Waals surface area (Å²) in [5.41, 5.74) is 5.74. The number of hydrogen-bond donors (Lipinski definition) is 2. The minimum absolute atomic E-state index is 0.196. The van der Waals surface area contributed by atoms with E-state index in [0.29, 0.717) is 18.4 Å². The van der Waals surface area contributed by atoms with E-state index in [4.69, 9.17) is 0 Å². The van der Waals surface area contributed by atoms with E-state index in [1.54, 1.807) is 47.4 Å². The topological polar surface area (TPSA) is 85.5 Å². The van der Waals surface area contributed by atoms with Crippen molar-refractivity contribution in [2.75, 3.05) is 11.4 Å². The first-order chi connectivity index (χ1) is 20.9. The van der Waals surface area contributed by atoms with Crippen LogP contribution in [0.1, 0.15) is 44.3 Å². The number of halogens is 1. The van der Waals surface area contributed by atoms with Crippen LogP contribution in [0.4, 0.5) is 14.9 Å². The zero-order valence-corrected chi connectivity index (χ0v) is 23.5. The molecule has 0 saturated carbocycles. The van der Waals surface area contributed by atoms with Crippen molar-refractivity contribution in [3.05, 3.63) is 136 Å². The Labute approximate surface area is 247 Å². The number of fused-ring (bicyclic) bond motifs is 4. The van der Waals surface area contributed by atoms with Crippen molar-refractivity contribution in [2.45, 2.75) is 31.8 Å². The molecule has 2 atom stereocenters. The maximum atomic E-state index is 14.3. The van der Waals surface area contributed by atoms with Gasteiger partial charge in [-0.05, 0) is 59.9 Å². The molecule has 43 heavy (non-hydrogen) atoms. The summed E-state index contributed by atoms with van der Waals surface area (Å²) >= 11 is 0. The number of para-hydroxylation sites is 2. The van der Waals surface area contributed by atoms with Crippen molar-refractivity contribution < 1.29 is 18.8 Å². The molecule has 2 N–H and O–H groups in total.